The highest BCUT2D eigenvalue weighted by atomic mass is 16.4. The molecular weight excluding hydrogens is 680 g/mol. The van der Waals surface area contributed by atoms with Gasteiger partial charge in [0.15, 0.2) is 0 Å². The van der Waals surface area contributed by atoms with Crippen LogP contribution in [-0.2, 0) is 24.0 Å². The predicted molar refractivity (Wildman–Crippen MR) is 205 cm³/mol. The second-order valence-electron chi connectivity index (χ2n) is 15.8. The van der Waals surface area contributed by atoms with Crippen molar-refractivity contribution >= 4 is 29.8 Å². The minimum atomic E-state index is -1.22. The third kappa shape index (κ3) is 17.9. The Labute approximate surface area is 318 Å². The van der Waals surface area contributed by atoms with E-state index in [2.05, 4.69) is 18.7 Å². The Kier molecular flexibility index (Phi) is 22.8. The Morgan fingerprint density at radius 2 is 0.925 bits per heavy atom. The molecule has 0 radical (unpaired) electrons. The first-order chi connectivity index (χ1) is 25.4. The van der Waals surface area contributed by atoms with Crippen molar-refractivity contribution in [3.8, 4) is 0 Å². The van der Waals surface area contributed by atoms with E-state index in [-0.39, 0.29) is 57.0 Å². The average Bonchev–Trinajstić information content (AvgIpc) is 3.27. The van der Waals surface area contributed by atoms with Gasteiger partial charge < -0.3 is 25.3 Å². The van der Waals surface area contributed by atoms with Crippen molar-refractivity contribution in [1.29, 1.82) is 0 Å². The highest BCUT2D eigenvalue weighted by Crippen LogP contribution is 2.41. The number of carbonyl (C=O) groups is 5. The van der Waals surface area contributed by atoms with Crippen LogP contribution in [0.5, 0.6) is 0 Å². The van der Waals surface area contributed by atoms with Gasteiger partial charge in [-0.3, -0.25) is 38.7 Å². The second kappa shape index (κ2) is 26.1. The van der Waals surface area contributed by atoms with Gasteiger partial charge in [-0.1, -0.05) is 104 Å². The molecule has 4 N–H and O–H groups in total. The summed E-state index contributed by atoms with van der Waals surface area (Å²) < 4.78 is 0. The molecule has 0 spiro atoms. The van der Waals surface area contributed by atoms with Gasteiger partial charge in [0, 0.05) is 45.2 Å². The SMILES string of the molecule is CCCCCCCCCCN(CCCCCCCCCC)C(=O)[C@H]1CC[C@H](C2(N(CC(=O)O)CC(=O)O)CN(CC(=O)O)CCN(CC(=O)O)C2)CC1. The summed E-state index contributed by atoms with van der Waals surface area (Å²) in [4.78, 5) is 69.1. The number of carboxylic acids is 4. The van der Waals surface area contributed by atoms with Crippen LogP contribution in [-0.4, -0.2) is 141 Å². The van der Waals surface area contributed by atoms with Crippen LogP contribution in [0.25, 0.3) is 0 Å². The first kappa shape index (κ1) is 46.4. The molecule has 2 fully saturated rings. The molecule has 0 bridgehead atoms. The molecule has 1 heterocycles. The lowest BCUT2D eigenvalue weighted by molar-refractivity contribution is -0.150. The molecule has 53 heavy (non-hydrogen) atoms. The fourth-order valence-electron chi connectivity index (χ4n) is 8.67. The molecule has 0 unspecified atom stereocenters. The van der Waals surface area contributed by atoms with Gasteiger partial charge >= 0.3 is 23.9 Å². The van der Waals surface area contributed by atoms with Crippen molar-refractivity contribution < 1.29 is 44.4 Å². The number of carboxylic acid groups (broad SMARTS) is 4. The van der Waals surface area contributed by atoms with E-state index in [4.69, 9.17) is 0 Å². The molecular formula is C40H72N4O9. The van der Waals surface area contributed by atoms with Crippen molar-refractivity contribution in [2.24, 2.45) is 11.8 Å². The topological polar surface area (TPSA) is 179 Å². The summed E-state index contributed by atoms with van der Waals surface area (Å²) in [6.07, 6.45) is 21.2. The maximum Gasteiger partial charge on any atom is 0.317 e. The number of carbonyl (C=O) groups excluding carboxylic acids is 1. The molecule has 1 saturated carbocycles. The van der Waals surface area contributed by atoms with E-state index in [0.717, 1.165) is 38.8 Å². The predicted octanol–water partition coefficient (Wildman–Crippen LogP) is 5.90. The maximum atomic E-state index is 14.2. The van der Waals surface area contributed by atoms with Crippen molar-refractivity contribution in [3.05, 3.63) is 0 Å². The summed E-state index contributed by atoms with van der Waals surface area (Å²) in [7, 11) is 0. The molecule has 306 valence electrons. The van der Waals surface area contributed by atoms with Gasteiger partial charge in [0.05, 0.1) is 31.7 Å². The smallest absolute Gasteiger partial charge is 0.317 e. The van der Waals surface area contributed by atoms with E-state index >= 15 is 0 Å². The van der Waals surface area contributed by atoms with Gasteiger partial charge in [0.1, 0.15) is 0 Å². The molecule has 0 aromatic heterocycles. The quantitative estimate of drug-likeness (QED) is 0.0666. The van der Waals surface area contributed by atoms with Crippen molar-refractivity contribution in [2.75, 3.05) is 65.4 Å². The van der Waals surface area contributed by atoms with E-state index < -0.39 is 42.5 Å². The summed E-state index contributed by atoms with van der Waals surface area (Å²) in [5.74, 6) is -4.89. The molecule has 1 aliphatic carbocycles. The molecule has 13 nitrogen and oxygen atoms in total. The van der Waals surface area contributed by atoms with Crippen LogP contribution in [0.15, 0.2) is 0 Å². The highest BCUT2D eigenvalue weighted by molar-refractivity contribution is 5.79. The highest BCUT2D eigenvalue weighted by Gasteiger charge is 2.50. The largest absolute Gasteiger partial charge is 0.480 e. The molecule has 0 atom stereocenters. The van der Waals surface area contributed by atoms with E-state index in [0.29, 0.717) is 25.7 Å². The van der Waals surface area contributed by atoms with E-state index in [9.17, 15) is 44.4 Å². The Morgan fingerprint density at radius 3 is 1.28 bits per heavy atom. The minimum Gasteiger partial charge on any atom is -0.480 e. The van der Waals surface area contributed by atoms with Crippen LogP contribution >= 0.6 is 0 Å². The standard InChI is InChI=1S/C40H72N4O9/c1-3-5-7-9-11-13-15-17-23-43(24-18-16-14-12-10-8-6-4-2)39(53)33-19-21-34(22-20-33)40(44(29-37(49)50)30-38(51)52)31-41(27-35(45)46)25-26-42(32-40)28-36(47)48/h33-34H,3-32H2,1-2H3,(H,45,46)(H,47,48)(H,49,50)(H,51,52)/t33-,34-. The number of unbranched alkanes of at least 4 members (excludes halogenated alkanes) is 14. The lowest BCUT2D eigenvalue weighted by Crippen LogP contribution is -2.66. The van der Waals surface area contributed by atoms with Crippen LogP contribution in [0.3, 0.4) is 0 Å². The van der Waals surface area contributed by atoms with Crippen LogP contribution in [0.4, 0.5) is 0 Å². The number of rotatable bonds is 29. The van der Waals surface area contributed by atoms with E-state index in [1.165, 1.54) is 81.9 Å². The van der Waals surface area contributed by atoms with Gasteiger partial charge in [-0.2, -0.15) is 0 Å². The molecule has 1 aliphatic heterocycles. The summed E-state index contributed by atoms with van der Waals surface area (Å²) in [6, 6.07) is 0. The Bertz CT molecular complexity index is 1040. The Morgan fingerprint density at radius 1 is 0.547 bits per heavy atom. The van der Waals surface area contributed by atoms with Gasteiger partial charge in [0.2, 0.25) is 5.91 Å². The summed E-state index contributed by atoms with van der Waals surface area (Å²) in [6.45, 7) is 4.75. The summed E-state index contributed by atoms with van der Waals surface area (Å²) in [5, 5.41) is 39.2. The van der Waals surface area contributed by atoms with Gasteiger partial charge in [-0.15, -0.1) is 0 Å². The molecule has 1 amide bonds. The molecule has 2 rings (SSSR count). The van der Waals surface area contributed by atoms with Gasteiger partial charge in [-0.05, 0) is 44.4 Å². The van der Waals surface area contributed by atoms with Crippen molar-refractivity contribution in [2.45, 2.75) is 148 Å². The summed E-state index contributed by atoms with van der Waals surface area (Å²) in [5.41, 5.74) is -1.15. The zero-order chi connectivity index (χ0) is 39.1. The lowest BCUT2D eigenvalue weighted by atomic mass is 9.69. The molecule has 2 aliphatic rings. The number of nitrogens with zero attached hydrogens (tertiary/aromatic N) is 4. The second-order valence-corrected chi connectivity index (χ2v) is 15.8. The van der Waals surface area contributed by atoms with E-state index in [1.54, 1.807) is 9.80 Å². The third-order valence-electron chi connectivity index (χ3n) is 11.4. The Balaban J connectivity index is 2.24. The van der Waals surface area contributed by atoms with Crippen LogP contribution in [0, 0.1) is 11.8 Å². The number of aliphatic carboxylic acids is 4. The molecule has 0 aromatic rings. The number of hydrogen-bond acceptors (Lipinski definition) is 8. The van der Waals surface area contributed by atoms with Crippen molar-refractivity contribution in [3.63, 3.8) is 0 Å². The Hall–Kier alpha value is -2.77. The molecule has 0 aromatic carbocycles. The fourth-order valence-corrected chi connectivity index (χ4v) is 8.67. The van der Waals surface area contributed by atoms with Crippen LogP contribution in [0.1, 0.15) is 142 Å². The number of amides is 1. The van der Waals surface area contributed by atoms with Crippen LogP contribution in [0.2, 0.25) is 0 Å². The van der Waals surface area contributed by atoms with Gasteiger partial charge in [-0.25, -0.2) is 0 Å². The normalized spacial score (nSPS) is 19.5. The monoisotopic (exact) mass is 753 g/mol. The number of hydrogen-bond donors (Lipinski definition) is 4. The van der Waals surface area contributed by atoms with Crippen molar-refractivity contribution in [1.82, 2.24) is 19.6 Å². The zero-order valence-electron chi connectivity index (χ0n) is 33.0. The zero-order valence-corrected chi connectivity index (χ0v) is 33.0. The average molecular weight is 753 g/mol. The summed E-state index contributed by atoms with van der Waals surface area (Å²) >= 11 is 0. The lowest BCUT2D eigenvalue weighted by Gasteiger charge is -2.52. The van der Waals surface area contributed by atoms with E-state index in [1.807, 2.05) is 0 Å². The molecule has 1 saturated heterocycles. The molecule has 13 heteroatoms. The first-order valence-corrected chi connectivity index (χ1v) is 20.8. The van der Waals surface area contributed by atoms with Crippen LogP contribution < -0.4 is 0 Å². The maximum absolute atomic E-state index is 14.2. The fraction of sp³-hybridized carbons (Fsp3) is 0.875. The van der Waals surface area contributed by atoms with Gasteiger partial charge in [0.25, 0.3) is 0 Å². The first-order valence-electron chi connectivity index (χ1n) is 20.8. The minimum absolute atomic E-state index is 0.0856. The third-order valence-corrected chi connectivity index (χ3v) is 11.4.